The lowest BCUT2D eigenvalue weighted by Gasteiger charge is -2.27. The number of fused-ring (bicyclic) bond motifs is 1. The van der Waals surface area contributed by atoms with E-state index in [4.69, 9.17) is 10.8 Å². The highest BCUT2D eigenvalue weighted by Gasteiger charge is 2.28. The van der Waals surface area contributed by atoms with E-state index in [-0.39, 0.29) is 5.54 Å². The summed E-state index contributed by atoms with van der Waals surface area (Å²) in [6, 6.07) is 8.45. The second kappa shape index (κ2) is 4.97. The first kappa shape index (κ1) is 12.7. The molecule has 1 aromatic heterocycles. The van der Waals surface area contributed by atoms with Crippen LogP contribution < -0.4 is 5.73 Å². The lowest BCUT2D eigenvalue weighted by molar-refractivity contribution is 0.365. The van der Waals surface area contributed by atoms with Gasteiger partial charge in [0.25, 0.3) is 0 Å². The van der Waals surface area contributed by atoms with Crippen molar-refractivity contribution in [2.45, 2.75) is 50.5 Å². The van der Waals surface area contributed by atoms with Gasteiger partial charge in [0.1, 0.15) is 0 Å². The molecule has 1 saturated carbocycles. The van der Waals surface area contributed by atoms with Gasteiger partial charge in [-0.2, -0.15) is 5.10 Å². The molecule has 0 amide bonds. The average Bonchev–Trinajstić information content (AvgIpc) is 2.58. The average molecular weight is 257 g/mol. The van der Waals surface area contributed by atoms with Gasteiger partial charge < -0.3 is 5.73 Å². The van der Waals surface area contributed by atoms with E-state index >= 15 is 0 Å². The second-order valence-electron chi connectivity index (χ2n) is 6.04. The van der Waals surface area contributed by atoms with Crippen molar-refractivity contribution < 1.29 is 0 Å². The molecule has 2 aromatic rings. The fraction of sp³-hybridized carbons (Fsp3) is 0.562. The molecule has 19 heavy (non-hydrogen) atoms. The maximum atomic E-state index is 6.64. The Morgan fingerprint density at radius 3 is 2.58 bits per heavy atom. The Kier molecular flexibility index (Phi) is 3.31. The topological polar surface area (TPSA) is 43.8 Å². The maximum absolute atomic E-state index is 6.64. The van der Waals surface area contributed by atoms with Crippen molar-refractivity contribution in [3.05, 3.63) is 30.0 Å². The molecule has 0 radical (unpaired) electrons. The Hall–Kier alpha value is -1.35. The number of aromatic nitrogens is 2. The van der Waals surface area contributed by atoms with Crippen molar-refractivity contribution in [2.75, 3.05) is 0 Å². The zero-order valence-corrected chi connectivity index (χ0v) is 11.7. The van der Waals surface area contributed by atoms with E-state index in [9.17, 15) is 0 Å². The predicted molar refractivity (Wildman–Crippen MR) is 79.0 cm³/mol. The Bertz CT molecular complexity index is 562. The van der Waals surface area contributed by atoms with Gasteiger partial charge in [-0.3, -0.25) is 4.68 Å². The molecule has 102 valence electrons. The van der Waals surface area contributed by atoms with Crippen molar-refractivity contribution >= 4 is 10.9 Å². The Labute approximate surface area is 114 Å². The van der Waals surface area contributed by atoms with E-state index in [1.54, 1.807) is 0 Å². The Balaban J connectivity index is 1.92. The highest BCUT2D eigenvalue weighted by molar-refractivity contribution is 5.81. The number of hydrogen-bond acceptors (Lipinski definition) is 2. The van der Waals surface area contributed by atoms with Gasteiger partial charge in [0.15, 0.2) is 0 Å². The van der Waals surface area contributed by atoms with Gasteiger partial charge in [0.2, 0.25) is 0 Å². The summed E-state index contributed by atoms with van der Waals surface area (Å²) in [6.07, 6.45) is 8.39. The van der Waals surface area contributed by atoms with E-state index in [1.165, 1.54) is 42.3 Å². The standard InChI is InChI=1S/C16H23N3/c1-19-15-9-5-4-8-13(15)14(18-19)12-16(17)10-6-2-3-7-11-16/h4-5,8-9H,2-3,6-7,10-12,17H2,1H3. The second-order valence-corrected chi connectivity index (χ2v) is 6.04. The first-order valence-electron chi connectivity index (χ1n) is 7.37. The molecule has 0 saturated heterocycles. The van der Waals surface area contributed by atoms with Crippen LogP contribution in [0, 0.1) is 0 Å². The van der Waals surface area contributed by atoms with Crippen molar-refractivity contribution in [2.24, 2.45) is 12.8 Å². The van der Waals surface area contributed by atoms with Crippen LogP contribution in [-0.2, 0) is 13.5 Å². The summed E-state index contributed by atoms with van der Waals surface area (Å²) in [7, 11) is 2.02. The summed E-state index contributed by atoms with van der Waals surface area (Å²) in [6.45, 7) is 0. The molecule has 1 aromatic carbocycles. The third kappa shape index (κ3) is 2.52. The van der Waals surface area contributed by atoms with E-state index < -0.39 is 0 Å². The summed E-state index contributed by atoms with van der Waals surface area (Å²) < 4.78 is 1.98. The third-order valence-electron chi connectivity index (χ3n) is 4.45. The fourth-order valence-corrected chi connectivity index (χ4v) is 3.36. The van der Waals surface area contributed by atoms with E-state index in [1.807, 2.05) is 11.7 Å². The van der Waals surface area contributed by atoms with Gasteiger partial charge in [0, 0.05) is 24.4 Å². The van der Waals surface area contributed by atoms with Gasteiger partial charge in [-0.05, 0) is 18.9 Å². The molecule has 2 N–H and O–H groups in total. The molecule has 0 spiro atoms. The minimum atomic E-state index is -0.0480. The highest BCUT2D eigenvalue weighted by Crippen LogP contribution is 2.30. The largest absolute Gasteiger partial charge is 0.325 e. The van der Waals surface area contributed by atoms with Gasteiger partial charge in [-0.25, -0.2) is 0 Å². The molecule has 0 aliphatic heterocycles. The molecule has 0 atom stereocenters. The number of aryl methyl sites for hydroxylation is 1. The van der Waals surface area contributed by atoms with Gasteiger partial charge in [0.05, 0.1) is 11.2 Å². The molecule has 3 nitrogen and oxygen atoms in total. The summed E-state index contributed by atoms with van der Waals surface area (Å²) in [4.78, 5) is 0. The summed E-state index contributed by atoms with van der Waals surface area (Å²) >= 11 is 0. The van der Waals surface area contributed by atoms with E-state index in [0.29, 0.717) is 0 Å². The zero-order chi connectivity index (χ0) is 13.3. The smallest absolute Gasteiger partial charge is 0.0721 e. The number of hydrogen-bond donors (Lipinski definition) is 1. The Morgan fingerprint density at radius 2 is 1.84 bits per heavy atom. The lowest BCUT2D eigenvalue weighted by atomic mass is 9.86. The van der Waals surface area contributed by atoms with Crippen LogP contribution in [0.3, 0.4) is 0 Å². The predicted octanol–water partition coefficient (Wildman–Crippen LogP) is 3.17. The maximum Gasteiger partial charge on any atom is 0.0721 e. The molecule has 1 aliphatic rings. The third-order valence-corrected chi connectivity index (χ3v) is 4.45. The number of benzene rings is 1. The van der Waals surface area contributed by atoms with Gasteiger partial charge in [-0.1, -0.05) is 43.9 Å². The van der Waals surface area contributed by atoms with E-state index in [0.717, 1.165) is 19.3 Å². The normalized spacial score (nSPS) is 19.5. The SMILES string of the molecule is Cn1nc(CC2(N)CCCCCC2)c2ccccc21. The number of nitrogens with two attached hydrogens (primary N) is 1. The monoisotopic (exact) mass is 257 g/mol. The van der Waals surface area contributed by atoms with Gasteiger partial charge >= 0.3 is 0 Å². The molecule has 3 heteroatoms. The van der Waals surface area contributed by atoms with Crippen LogP contribution >= 0.6 is 0 Å². The molecule has 1 fully saturated rings. The Morgan fingerprint density at radius 1 is 1.16 bits per heavy atom. The number of nitrogens with zero attached hydrogens (tertiary/aromatic N) is 2. The number of rotatable bonds is 2. The molecule has 1 heterocycles. The molecule has 0 unspecified atom stereocenters. The molecule has 0 bridgehead atoms. The van der Waals surface area contributed by atoms with Crippen LogP contribution in [0.25, 0.3) is 10.9 Å². The van der Waals surface area contributed by atoms with Crippen LogP contribution in [-0.4, -0.2) is 15.3 Å². The first-order valence-corrected chi connectivity index (χ1v) is 7.37. The van der Waals surface area contributed by atoms with Crippen LogP contribution in [0.5, 0.6) is 0 Å². The minimum absolute atomic E-state index is 0.0480. The molecule has 3 rings (SSSR count). The minimum Gasteiger partial charge on any atom is -0.325 e. The lowest BCUT2D eigenvalue weighted by Crippen LogP contribution is -2.41. The van der Waals surface area contributed by atoms with Crippen molar-refractivity contribution in [3.8, 4) is 0 Å². The first-order chi connectivity index (χ1) is 9.18. The van der Waals surface area contributed by atoms with Crippen molar-refractivity contribution in [1.82, 2.24) is 9.78 Å². The molecular weight excluding hydrogens is 234 g/mol. The van der Waals surface area contributed by atoms with Crippen LogP contribution in [0.1, 0.15) is 44.2 Å². The summed E-state index contributed by atoms with van der Waals surface area (Å²) in [5.74, 6) is 0. The van der Waals surface area contributed by atoms with Gasteiger partial charge in [-0.15, -0.1) is 0 Å². The number of para-hydroxylation sites is 1. The summed E-state index contributed by atoms with van der Waals surface area (Å²) in [5, 5.41) is 5.96. The van der Waals surface area contributed by atoms with Crippen LogP contribution in [0.15, 0.2) is 24.3 Å². The van der Waals surface area contributed by atoms with Crippen LogP contribution in [0.4, 0.5) is 0 Å². The molecule has 1 aliphatic carbocycles. The quantitative estimate of drug-likeness (QED) is 0.840. The van der Waals surface area contributed by atoms with Crippen LogP contribution in [0.2, 0.25) is 0 Å². The van der Waals surface area contributed by atoms with Crippen molar-refractivity contribution in [3.63, 3.8) is 0 Å². The summed E-state index contributed by atoms with van der Waals surface area (Å²) in [5.41, 5.74) is 8.97. The molecular formula is C16H23N3. The zero-order valence-electron chi connectivity index (χ0n) is 11.7. The van der Waals surface area contributed by atoms with Crippen molar-refractivity contribution in [1.29, 1.82) is 0 Å². The highest BCUT2D eigenvalue weighted by atomic mass is 15.3. The fourth-order valence-electron chi connectivity index (χ4n) is 3.36. The van der Waals surface area contributed by atoms with E-state index in [2.05, 4.69) is 24.3 Å².